The van der Waals surface area contributed by atoms with Gasteiger partial charge >= 0.3 is 5.97 Å². The lowest BCUT2D eigenvalue weighted by atomic mass is 9.99. The quantitative estimate of drug-likeness (QED) is 0.440. The van der Waals surface area contributed by atoms with Gasteiger partial charge in [-0.1, -0.05) is 22.8 Å². The first kappa shape index (κ1) is 22.5. The number of piperidine rings is 1. The van der Waals surface area contributed by atoms with E-state index in [1.165, 1.54) is 12.3 Å². The first-order valence-corrected chi connectivity index (χ1v) is 12.4. The minimum absolute atomic E-state index is 0.0490. The van der Waals surface area contributed by atoms with E-state index in [0.29, 0.717) is 23.2 Å². The first-order chi connectivity index (χ1) is 17.0. The number of benzene rings is 1. The van der Waals surface area contributed by atoms with Gasteiger partial charge in [-0.2, -0.15) is 0 Å². The van der Waals surface area contributed by atoms with Gasteiger partial charge in [-0.3, -0.25) is 0 Å². The maximum absolute atomic E-state index is 14.7. The number of ether oxygens (including phenoxy) is 1. The molecule has 2 aromatic heterocycles. The SMILES string of the molecule is O=C(O)c1ccc(N2[C@@H]3CC[C@H]2CC(OCc2c(-c4c(F)cccc4Cl)noc2C2CC2)C3)nc1. The molecule has 3 atom stereocenters. The zero-order valence-electron chi connectivity index (χ0n) is 19.0. The van der Waals surface area contributed by atoms with E-state index in [1.54, 1.807) is 24.3 Å². The van der Waals surface area contributed by atoms with Crippen molar-refractivity contribution in [2.75, 3.05) is 4.90 Å². The van der Waals surface area contributed by atoms with Crippen LogP contribution in [0.2, 0.25) is 5.02 Å². The second kappa shape index (κ2) is 8.91. The molecular weight excluding hydrogens is 473 g/mol. The number of carboxylic acid groups (broad SMARTS) is 1. The number of rotatable bonds is 7. The van der Waals surface area contributed by atoms with Crippen LogP contribution in [0.15, 0.2) is 41.1 Å². The number of fused-ring (bicyclic) bond motifs is 2. The third-order valence-electron chi connectivity index (χ3n) is 7.38. The molecule has 0 amide bonds. The molecule has 1 N–H and O–H groups in total. The topological polar surface area (TPSA) is 88.7 Å². The molecule has 2 aliphatic heterocycles. The third-order valence-corrected chi connectivity index (χ3v) is 7.69. The fourth-order valence-corrected chi connectivity index (χ4v) is 5.80. The molecule has 6 rings (SSSR count). The number of aromatic nitrogens is 2. The van der Waals surface area contributed by atoms with Crippen molar-refractivity contribution in [3.05, 3.63) is 64.3 Å². The van der Waals surface area contributed by atoms with Gasteiger partial charge < -0.3 is 19.3 Å². The van der Waals surface area contributed by atoms with Crippen molar-refractivity contribution in [3.63, 3.8) is 0 Å². The number of nitrogens with zero attached hydrogens (tertiary/aromatic N) is 3. The van der Waals surface area contributed by atoms with E-state index in [4.69, 9.17) is 26.0 Å². The van der Waals surface area contributed by atoms with Gasteiger partial charge in [0.1, 0.15) is 23.1 Å². The highest BCUT2D eigenvalue weighted by Gasteiger charge is 2.42. The van der Waals surface area contributed by atoms with Crippen LogP contribution in [-0.2, 0) is 11.3 Å². The molecule has 9 heteroatoms. The fraction of sp³-hybridized carbons (Fsp3) is 0.423. The second-order valence-corrected chi connectivity index (χ2v) is 10.1. The minimum Gasteiger partial charge on any atom is -0.478 e. The van der Waals surface area contributed by atoms with Crippen LogP contribution in [-0.4, -0.2) is 39.4 Å². The van der Waals surface area contributed by atoms with Crippen molar-refractivity contribution in [2.24, 2.45) is 0 Å². The minimum atomic E-state index is -0.977. The average Bonchev–Trinajstić information content (AvgIpc) is 3.55. The van der Waals surface area contributed by atoms with Crippen molar-refractivity contribution in [1.82, 2.24) is 10.1 Å². The highest BCUT2D eigenvalue weighted by atomic mass is 35.5. The van der Waals surface area contributed by atoms with Gasteiger partial charge in [0.05, 0.1) is 28.9 Å². The Kier molecular flexibility index (Phi) is 5.73. The summed E-state index contributed by atoms with van der Waals surface area (Å²) in [6, 6.07) is 8.57. The Morgan fingerprint density at radius 1 is 1.17 bits per heavy atom. The van der Waals surface area contributed by atoms with Gasteiger partial charge in [0.25, 0.3) is 0 Å². The number of halogens is 2. The zero-order valence-corrected chi connectivity index (χ0v) is 19.7. The van der Waals surface area contributed by atoms with Crippen molar-refractivity contribution in [3.8, 4) is 11.3 Å². The maximum atomic E-state index is 14.7. The van der Waals surface area contributed by atoms with Gasteiger partial charge in [-0.15, -0.1) is 0 Å². The summed E-state index contributed by atoms with van der Waals surface area (Å²) in [5.41, 5.74) is 1.66. The molecule has 182 valence electrons. The highest BCUT2D eigenvalue weighted by molar-refractivity contribution is 6.33. The first-order valence-electron chi connectivity index (χ1n) is 12.0. The van der Waals surface area contributed by atoms with Gasteiger partial charge in [0, 0.05) is 29.8 Å². The molecule has 3 aromatic rings. The smallest absolute Gasteiger partial charge is 0.337 e. The summed E-state index contributed by atoms with van der Waals surface area (Å²) < 4.78 is 26.7. The van der Waals surface area contributed by atoms with Crippen molar-refractivity contribution >= 4 is 23.4 Å². The van der Waals surface area contributed by atoms with E-state index in [9.17, 15) is 9.18 Å². The largest absolute Gasteiger partial charge is 0.478 e. The monoisotopic (exact) mass is 497 g/mol. The number of pyridine rings is 1. The molecule has 0 spiro atoms. The van der Waals surface area contributed by atoms with E-state index >= 15 is 0 Å². The number of hydrogen-bond donors (Lipinski definition) is 1. The van der Waals surface area contributed by atoms with E-state index in [-0.39, 0.29) is 29.3 Å². The Balaban J connectivity index is 1.19. The van der Waals surface area contributed by atoms with Crippen molar-refractivity contribution in [1.29, 1.82) is 0 Å². The number of carbonyl (C=O) groups is 1. The predicted octanol–water partition coefficient (Wildman–Crippen LogP) is 5.82. The van der Waals surface area contributed by atoms with Gasteiger partial charge in [-0.05, 0) is 62.8 Å². The van der Waals surface area contributed by atoms with Crippen LogP contribution in [0.25, 0.3) is 11.3 Å². The molecule has 1 aromatic carbocycles. The van der Waals surface area contributed by atoms with Crippen LogP contribution in [0.5, 0.6) is 0 Å². The Labute approximate surface area is 206 Å². The van der Waals surface area contributed by atoms with E-state index in [0.717, 1.165) is 55.7 Å². The molecule has 4 heterocycles. The normalized spacial score (nSPS) is 23.6. The van der Waals surface area contributed by atoms with E-state index < -0.39 is 11.8 Å². The Hall–Kier alpha value is -2.97. The Morgan fingerprint density at radius 2 is 1.94 bits per heavy atom. The molecular formula is C26H25ClFN3O4. The van der Waals surface area contributed by atoms with E-state index in [2.05, 4.69) is 15.0 Å². The number of aromatic carboxylic acids is 1. The van der Waals surface area contributed by atoms with Gasteiger partial charge in [-0.25, -0.2) is 14.2 Å². The van der Waals surface area contributed by atoms with Crippen LogP contribution in [0, 0.1) is 5.82 Å². The van der Waals surface area contributed by atoms with E-state index in [1.807, 2.05) is 0 Å². The molecule has 3 fully saturated rings. The summed E-state index contributed by atoms with van der Waals surface area (Å²) in [6.07, 6.45) is 7.31. The summed E-state index contributed by atoms with van der Waals surface area (Å²) in [6.45, 7) is 0.297. The van der Waals surface area contributed by atoms with Crippen molar-refractivity contribution < 1.29 is 23.6 Å². The zero-order chi connectivity index (χ0) is 24.1. The number of anilines is 1. The highest BCUT2D eigenvalue weighted by Crippen LogP contribution is 2.46. The Morgan fingerprint density at radius 3 is 2.57 bits per heavy atom. The molecule has 2 saturated heterocycles. The molecule has 7 nitrogen and oxygen atoms in total. The molecule has 1 saturated carbocycles. The molecule has 1 unspecified atom stereocenters. The van der Waals surface area contributed by atoms with Gasteiger partial charge in [0.15, 0.2) is 0 Å². The van der Waals surface area contributed by atoms with Crippen molar-refractivity contribution in [2.45, 2.75) is 69.2 Å². The van der Waals surface area contributed by atoms with Crippen LogP contribution in [0.4, 0.5) is 10.2 Å². The summed E-state index contributed by atoms with van der Waals surface area (Å²) in [7, 11) is 0. The average molecular weight is 498 g/mol. The summed E-state index contributed by atoms with van der Waals surface area (Å²) in [5.74, 6) is 0.491. The number of hydrogen-bond acceptors (Lipinski definition) is 6. The molecule has 1 aliphatic carbocycles. The predicted molar refractivity (Wildman–Crippen MR) is 127 cm³/mol. The van der Waals surface area contributed by atoms with Crippen LogP contribution < -0.4 is 4.90 Å². The molecule has 35 heavy (non-hydrogen) atoms. The fourth-order valence-electron chi connectivity index (χ4n) is 5.55. The summed E-state index contributed by atoms with van der Waals surface area (Å²) in [5, 5.41) is 13.7. The molecule has 0 radical (unpaired) electrons. The lowest BCUT2D eigenvalue weighted by Crippen LogP contribution is -2.46. The maximum Gasteiger partial charge on any atom is 0.337 e. The number of carboxylic acids is 1. The lowest BCUT2D eigenvalue weighted by molar-refractivity contribution is 0.0146. The Bertz CT molecular complexity index is 1230. The lowest BCUT2D eigenvalue weighted by Gasteiger charge is -2.39. The van der Waals surface area contributed by atoms with Crippen LogP contribution in [0.3, 0.4) is 0 Å². The summed E-state index contributed by atoms with van der Waals surface area (Å²) >= 11 is 6.33. The molecule has 3 aliphatic rings. The van der Waals surface area contributed by atoms with Crippen LogP contribution in [0.1, 0.15) is 66.1 Å². The van der Waals surface area contributed by atoms with Gasteiger partial charge in [0.2, 0.25) is 0 Å². The summed E-state index contributed by atoms with van der Waals surface area (Å²) in [4.78, 5) is 17.9. The standard InChI is InChI=1S/C26H25ClFN3O4/c27-20-2-1-3-21(28)23(20)24-19(25(35-30-24)14-4-5-14)13-34-18-10-16-7-8-17(11-18)31(16)22-9-6-15(12-29-22)26(32)33/h1-3,6,9,12,14,16-18H,4-5,7-8,10-11,13H2,(H,32,33)/t16-,17+,18?. The molecule has 2 bridgehead atoms. The van der Waals surface area contributed by atoms with Crippen LogP contribution >= 0.6 is 11.6 Å². The third kappa shape index (κ3) is 4.19. The second-order valence-electron chi connectivity index (χ2n) is 9.65.